The Morgan fingerprint density at radius 2 is 2.00 bits per heavy atom. The first-order valence-electron chi connectivity index (χ1n) is 9.32. The fourth-order valence-corrected chi connectivity index (χ4v) is 2.99. The molecule has 0 spiro atoms. The summed E-state index contributed by atoms with van der Waals surface area (Å²) in [4.78, 5) is 23.3. The van der Waals surface area contributed by atoms with E-state index in [9.17, 15) is 8.68 Å². The monoisotopic (exact) mass is 417 g/mol. The van der Waals surface area contributed by atoms with E-state index in [4.69, 9.17) is 9.47 Å². The van der Waals surface area contributed by atoms with Gasteiger partial charge in [-0.1, -0.05) is 19.3 Å². The number of anilines is 1. The molecule has 1 amide bonds. The number of hydrogen-bond acceptors (Lipinski definition) is 7. The summed E-state index contributed by atoms with van der Waals surface area (Å²) >= 11 is 0.00175. The molecule has 5 rings (SSSR count). The number of hydrogen-bond donors (Lipinski definition) is 1. The van der Waals surface area contributed by atoms with Crippen LogP contribution in [0.5, 0.6) is 11.8 Å². The predicted molar refractivity (Wildman–Crippen MR) is 109 cm³/mol. The van der Waals surface area contributed by atoms with E-state index in [1.165, 1.54) is 36.7 Å². The minimum Gasteiger partial charge on any atom is -0.480 e. The van der Waals surface area contributed by atoms with Gasteiger partial charge in [-0.3, -0.25) is 4.79 Å². The lowest BCUT2D eigenvalue weighted by molar-refractivity contribution is -0.105. The molecule has 1 N–H and O–H groups in total. The number of nitrogens with one attached hydrogen (secondary N) is 1. The minimum absolute atomic E-state index is 0.00175. The topological polar surface area (TPSA) is 91.2 Å². The molecule has 10 heteroatoms. The summed E-state index contributed by atoms with van der Waals surface area (Å²) < 4.78 is 26.0. The number of ether oxygens (including phenoxy) is 2. The van der Waals surface area contributed by atoms with E-state index in [1.807, 2.05) is 0 Å². The van der Waals surface area contributed by atoms with Crippen LogP contribution in [0.25, 0.3) is 22.2 Å². The Hall–Kier alpha value is -2.88. The lowest BCUT2D eigenvalue weighted by Gasteiger charge is -2.11. The highest BCUT2D eigenvalue weighted by Gasteiger charge is 2.28. The van der Waals surface area contributed by atoms with Crippen molar-refractivity contribution in [1.29, 1.82) is 0 Å². The fourth-order valence-electron chi connectivity index (χ4n) is 2.64. The molecule has 2 aliphatic rings. The van der Waals surface area contributed by atoms with Gasteiger partial charge in [0.2, 0.25) is 18.2 Å². The molecule has 0 aromatic carbocycles. The predicted octanol–water partition coefficient (Wildman–Crippen LogP) is 4.16. The maximum Gasteiger partial charge on any atom is 0.228 e. The molecule has 8 nitrogen and oxygen atoms in total. The summed E-state index contributed by atoms with van der Waals surface area (Å²) in [5.41, 5.74) is 1.52. The van der Waals surface area contributed by atoms with Crippen LogP contribution in [0, 0.1) is 0 Å². The molecule has 2 saturated carbocycles. The lowest BCUT2D eigenvalue weighted by atomic mass is 10.1. The number of halogens is 1. The zero-order chi connectivity index (χ0) is 20.2. The Bertz CT molecular complexity index is 1020. The molecule has 2 fully saturated rings. The molecule has 0 aliphatic heterocycles. The molecule has 2 aliphatic carbocycles. The van der Waals surface area contributed by atoms with Crippen LogP contribution in [-0.2, 0) is 4.79 Å². The average molecular weight is 417 g/mol. The summed E-state index contributed by atoms with van der Waals surface area (Å²) in [5.74, 6) is 1.03. The highest BCUT2D eigenvalue weighted by Crippen LogP contribution is 2.42. The van der Waals surface area contributed by atoms with Crippen LogP contribution in [0.15, 0.2) is 24.7 Å². The van der Waals surface area contributed by atoms with Crippen LogP contribution in [0.4, 0.5) is 9.70 Å². The summed E-state index contributed by atoms with van der Waals surface area (Å²) in [5, 5.41) is 3.11. The van der Waals surface area contributed by atoms with Gasteiger partial charge in [0.1, 0.15) is 23.8 Å². The van der Waals surface area contributed by atoms with Gasteiger partial charge in [0, 0.05) is 17.1 Å². The zero-order valence-corrected chi connectivity index (χ0v) is 16.6. The van der Waals surface area contributed by atoms with E-state index >= 15 is 0 Å². The Morgan fingerprint density at radius 1 is 1.24 bits per heavy atom. The fraction of sp³-hybridized carbons (Fsp3) is 0.368. The van der Waals surface area contributed by atoms with E-state index in [1.54, 1.807) is 18.3 Å². The van der Waals surface area contributed by atoms with Crippen molar-refractivity contribution >= 4 is 35.6 Å². The first-order chi connectivity index (χ1) is 14.2. The summed E-state index contributed by atoms with van der Waals surface area (Å²) in [6.45, 7) is 0. The van der Waals surface area contributed by atoms with Gasteiger partial charge in [0.25, 0.3) is 0 Å². The zero-order valence-electron chi connectivity index (χ0n) is 15.8. The van der Waals surface area contributed by atoms with Crippen LogP contribution in [0.2, 0.25) is 0 Å². The van der Waals surface area contributed by atoms with Crippen LogP contribution in [-0.4, -0.2) is 38.5 Å². The average Bonchev–Trinajstić information content (AvgIpc) is 3.66. The number of pyridine rings is 1. The van der Waals surface area contributed by atoms with Gasteiger partial charge in [-0.15, -0.1) is 3.89 Å². The summed E-state index contributed by atoms with van der Waals surface area (Å²) in [6, 6.07) is 3.37. The molecule has 0 atom stereocenters. The Labute approximate surface area is 171 Å². The van der Waals surface area contributed by atoms with Gasteiger partial charge in [-0.25, -0.2) is 18.9 Å². The van der Waals surface area contributed by atoms with Crippen molar-refractivity contribution in [2.24, 2.45) is 0 Å². The second kappa shape index (κ2) is 8.64. The number of fused-ring (bicyclic) bond motifs is 1. The third kappa shape index (κ3) is 4.42. The molecule has 152 valence electrons. The number of carbonyl (C=O) groups excluding carboxylic acids is 1. The molecule has 29 heavy (non-hydrogen) atoms. The van der Waals surface area contributed by atoms with Crippen LogP contribution < -0.4 is 14.8 Å². The van der Waals surface area contributed by atoms with Gasteiger partial charge >= 0.3 is 0 Å². The molecule has 3 aromatic heterocycles. The third-order valence-electron chi connectivity index (χ3n) is 4.30. The smallest absolute Gasteiger partial charge is 0.228 e. The molecular weight excluding hydrogens is 397 g/mol. The van der Waals surface area contributed by atoms with Gasteiger partial charge in [0.15, 0.2) is 18.0 Å². The molecule has 0 radical (unpaired) electrons. The van der Waals surface area contributed by atoms with Crippen molar-refractivity contribution in [3.63, 3.8) is 0 Å². The molecule has 0 saturated heterocycles. The van der Waals surface area contributed by atoms with E-state index < -0.39 is 0 Å². The van der Waals surface area contributed by atoms with Gasteiger partial charge < -0.3 is 14.8 Å². The summed E-state index contributed by atoms with van der Waals surface area (Å²) in [7, 11) is 1.50. The van der Waals surface area contributed by atoms with E-state index in [0.717, 1.165) is 12.8 Å². The van der Waals surface area contributed by atoms with Crippen molar-refractivity contribution in [2.75, 3.05) is 12.4 Å². The highest BCUT2D eigenvalue weighted by molar-refractivity contribution is 7.92. The van der Waals surface area contributed by atoms with Gasteiger partial charge in [-0.2, -0.15) is 0 Å². The highest BCUT2D eigenvalue weighted by atomic mass is 32.2. The lowest BCUT2D eigenvalue weighted by Crippen LogP contribution is -2.03. The Morgan fingerprint density at radius 3 is 2.62 bits per heavy atom. The van der Waals surface area contributed by atoms with Gasteiger partial charge in [-0.05, 0) is 25.0 Å². The molecular formula is C19H20FN5O3S. The first kappa shape index (κ1) is 19.4. The van der Waals surface area contributed by atoms with E-state index in [2.05, 4.69) is 20.3 Å². The Balaban J connectivity index is 0.000000626. The van der Waals surface area contributed by atoms with Crippen molar-refractivity contribution < 1.29 is 18.2 Å². The molecule has 3 heterocycles. The first-order valence-corrected chi connectivity index (χ1v) is 10.00. The maximum atomic E-state index is 13.5. The molecule has 0 unspecified atom stereocenters. The summed E-state index contributed by atoms with van der Waals surface area (Å²) in [6.07, 6.45) is 10.0. The van der Waals surface area contributed by atoms with E-state index in [0.29, 0.717) is 46.1 Å². The van der Waals surface area contributed by atoms with Crippen LogP contribution >= 0.6 is 12.3 Å². The van der Waals surface area contributed by atoms with Crippen LogP contribution in [0.3, 0.4) is 0 Å². The van der Waals surface area contributed by atoms with Crippen molar-refractivity contribution in [3.8, 4) is 22.9 Å². The quantitative estimate of drug-likeness (QED) is 0.577. The standard InChI is InChI=1S/C16H14FN5O3S.C3H6/c1-24-15-13(16(19-7-18-15)25-9-2-3-9)11-6-22(26-17)14-10(11)4-5-12(21-14)20-8-23;1-2-3-1/h4-9H,2-3H2,1H3,(H,20,21,23);1-3H2. The second-order valence-corrected chi connectivity index (χ2v) is 7.24. The van der Waals surface area contributed by atoms with Crippen LogP contribution in [0.1, 0.15) is 32.1 Å². The normalized spacial score (nSPS) is 14.7. The number of rotatable bonds is 7. The van der Waals surface area contributed by atoms with Crippen molar-refractivity contribution in [2.45, 2.75) is 38.2 Å². The number of carbonyl (C=O) groups is 1. The third-order valence-corrected chi connectivity index (χ3v) is 4.73. The van der Waals surface area contributed by atoms with Crippen molar-refractivity contribution in [1.82, 2.24) is 18.9 Å². The SMILES string of the molecule is C1CC1.COc1ncnc(OC2CC2)c1-c1cn(SF)c2nc(NC=O)ccc12. The van der Waals surface area contributed by atoms with Gasteiger partial charge in [0.05, 0.1) is 7.11 Å². The Kier molecular flexibility index (Phi) is 5.79. The largest absolute Gasteiger partial charge is 0.480 e. The molecule has 3 aromatic rings. The molecule has 0 bridgehead atoms. The maximum absolute atomic E-state index is 13.5. The van der Waals surface area contributed by atoms with E-state index in [-0.39, 0.29) is 18.4 Å². The second-order valence-electron chi connectivity index (χ2n) is 6.71. The number of nitrogens with zero attached hydrogens (tertiary/aromatic N) is 4. The minimum atomic E-state index is 0.00175. The number of aromatic nitrogens is 4. The number of amides is 1. The number of methoxy groups -OCH3 is 1. The van der Waals surface area contributed by atoms with Crippen molar-refractivity contribution in [3.05, 3.63) is 24.7 Å².